The van der Waals surface area contributed by atoms with Crippen molar-refractivity contribution in [1.29, 1.82) is 0 Å². The molecule has 0 rings (SSSR count). The number of unbranched alkanes of at least 4 members (excludes halogenated alkanes) is 24. The molecule has 0 radical (unpaired) electrons. The van der Waals surface area contributed by atoms with Crippen LogP contribution < -0.4 is 0 Å². The van der Waals surface area contributed by atoms with Crippen molar-refractivity contribution < 1.29 is 28.6 Å². The van der Waals surface area contributed by atoms with E-state index in [1.807, 2.05) is 12.2 Å². The first-order chi connectivity index (χ1) is 37.0. The van der Waals surface area contributed by atoms with E-state index in [-0.39, 0.29) is 38.0 Å². The predicted molar refractivity (Wildman–Crippen MR) is 325 cm³/mol. The number of ether oxygens (including phenoxy) is 3. The van der Waals surface area contributed by atoms with Crippen molar-refractivity contribution in [3.8, 4) is 0 Å². The van der Waals surface area contributed by atoms with Crippen molar-refractivity contribution in [2.24, 2.45) is 0 Å². The van der Waals surface area contributed by atoms with Gasteiger partial charge in [0.05, 0.1) is 0 Å². The number of hydrogen-bond acceptors (Lipinski definition) is 6. The normalized spacial score (nSPS) is 12.9. The van der Waals surface area contributed by atoms with E-state index in [0.29, 0.717) is 19.3 Å². The molecule has 0 fully saturated rings. The molecule has 6 nitrogen and oxygen atoms in total. The van der Waals surface area contributed by atoms with Gasteiger partial charge in [-0.2, -0.15) is 0 Å². The van der Waals surface area contributed by atoms with Crippen LogP contribution in [0.25, 0.3) is 0 Å². The van der Waals surface area contributed by atoms with Crippen molar-refractivity contribution in [2.75, 3.05) is 13.2 Å². The first kappa shape index (κ1) is 70.8. The summed E-state index contributed by atoms with van der Waals surface area (Å²) in [5, 5.41) is 0. The van der Waals surface area contributed by atoms with E-state index in [9.17, 15) is 14.4 Å². The predicted octanol–water partition coefficient (Wildman–Crippen LogP) is 21.2. The molecular weight excluding hydrogens is 925 g/mol. The average Bonchev–Trinajstić information content (AvgIpc) is 3.41. The molecule has 0 spiro atoms. The lowest BCUT2D eigenvalue weighted by molar-refractivity contribution is -0.166. The molecule has 0 unspecified atom stereocenters. The molecule has 0 heterocycles. The SMILES string of the molecule is CC/C=C\C/C=C\C/C=C\C/C=C\C/C=C\C/C=C\CCC(=O)O[C@@H](COC(=O)CCC/C=C\C/C=C\C/C=C\CCCCCCCC)COC(=O)CCCCCCCCCCCCC/C=C\CCCCCCCC. The fraction of sp³-hybridized carbons (Fsp3) is 0.667. The molecule has 75 heavy (non-hydrogen) atoms. The third kappa shape index (κ3) is 60.6. The Morgan fingerprint density at radius 3 is 0.933 bits per heavy atom. The van der Waals surface area contributed by atoms with Crippen LogP contribution in [0.2, 0.25) is 0 Å². The van der Waals surface area contributed by atoms with Crippen LogP contribution in [0.1, 0.15) is 278 Å². The Morgan fingerprint density at radius 2 is 0.560 bits per heavy atom. The largest absolute Gasteiger partial charge is 0.462 e. The van der Waals surface area contributed by atoms with Gasteiger partial charge in [0.15, 0.2) is 6.10 Å². The van der Waals surface area contributed by atoms with Crippen molar-refractivity contribution in [3.63, 3.8) is 0 Å². The number of hydrogen-bond donors (Lipinski definition) is 0. The molecule has 1 atom stereocenters. The van der Waals surface area contributed by atoms with Gasteiger partial charge in [0.1, 0.15) is 13.2 Å². The summed E-state index contributed by atoms with van der Waals surface area (Å²) >= 11 is 0. The topological polar surface area (TPSA) is 78.9 Å². The zero-order chi connectivity index (χ0) is 54.3. The van der Waals surface area contributed by atoms with Crippen LogP contribution in [0.15, 0.2) is 122 Å². The number of esters is 3. The Labute approximate surface area is 462 Å². The molecule has 0 aromatic heterocycles. The standard InChI is InChI=1S/C69H114O6/c1-4-7-10-13-16-19-22-25-28-31-33-34-36-38-41-44-47-50-53-56-59-62-68(71)74-65-66(64-73-67(70)61-58-55-52-49-46-43-40-37-30-27-24-21-18-15-12-9-6-3)75-69(72)63-60-57-54-51-48-45-42-39-35-32-29-26-23-20-17-14-11-8-5-2/h8,11,17,20,25-30,35,39-40,43,45,48-49,52,54,57,66H,4-7,9-10,12-16,18-19,21-24,31-34,36-38,41-42,44,46-47,50-51,53,55-56,58-65H2,1-3H3/b11-8-,20-17-,28-25-,29-26-,30-27-,39-35-,43-40-,48-45-,52-49-,57-54-/t66-/m0/s1. The lowest BCUT2D eigenvalue weighted by atomic mass is 10.0. The number of carbonyl (C=O) groups is 3. The first-order valence-corrected chi connectivity index (χ1v) is 31.0. The minimum atomic E-state index is -0.843. The highest BCUT2D eigenvalue weighted by Gasteiger charge is 2.19. The van der Waals surface area contributed by atoms with E-state index < -0.39 is 12.1 Å². The van der Waals surface area contributed by atoms with E-state index >= 15 is 0 Å². The van der Waals surface area contributed by atoms with Crippen molar-refractivity contribution in [2.45, 2.75) is 284 Å². The van der Waals surface area contributed by atoms with Gasteiger partial charge >= 0.3 is 17.9 Å². The molecule has 426 valence electrons. The maximum atomic E-state index is 12.9. The Hall–Kier alpha value is -4.19. The van der Waals surface area contributed by atoms with Gasteiger partial charge in [-0.3, -0.25) is 14.4 Å². The molecule has 6 heteroatoms. The summed E-state index contributed by atoms with van der Waals surface area (Å²) in [5.74, 6) is -1.06. The first-order valence-electron chi connectivity index (χ1n) is 31.0. The van der Waals surface area contributed by atoms with Crippen LogP contribution in [0.4, 0.5) is 0 Å². The summed E-state index contributed by atoms with van der Waals surface area (Å²) in [6.45, 7) is 6.42. The molecule has 0 aliphatic carbocycles. The zero-order valence-corrected chi connectivity index (χ0v) is 48.8. The minimum Gasteiger partial charge on any atom is -0.462 e. The van der Waals surface area contributed by atoms with Crippen LogP contribution in [0.5, 0.6) is 0 Å². The third-order valence-corrected chi connectivity index (χ3v) is 12.9. The second-order valence-electron chi connectivity index (χ2n) is 20.2. The molecule has 0 amide bonds. The smallest absolute Gasteiger partial charge is 0.306 e. The number of allylic oxidation sites excluding steroid dienone is 20. The summed E-state index contributed by atoms with van der Waals surface area (Å²) in [6, 6.07) is 0. The Balaban J connectivity index is 4.54. The van der Waals surface area contributed by atoms with Gasteiger partial charge in [-0.15, -0.1) is 0 Å². The van der Waals surface area contributed by atoms with E-state index in [1.54, 1.807) is 0 Å². The fourth-order valence-corrected chi connectivity index (χ4v) is 8.30. The van der Waals surface area contributed by atoms with Gasteiger partial charge in [-0.05, 0) is 116 Å². The zero-order valence-electron chi connectivity index (χ0n) is 48.8. The Bertz CT molecular complexity index is 1570. The van der Waals surface area contributed by atoms with Crippen LogP contribution in [-0.4, -0.2) is 37.2 Å². The molecule has 0 aromatic carbocycles. The molecule has 0 bridgehead atoms. The molecule has 0 saturated heterocycles. The maximum Gasteiger partial charge on any atom is 0.306 e. The van der Waals surface area contributed by atoms with E-state index in [1.165, 1.54) is 148 Å². The lowest BCUT2D eigenvalue weighted by Crippen LogP contribution is -2.30. The quantitative estimate of drug-likeness (QED) is 0.0261. The van der Waals surface area contributed by atoms with Gasteiger partial charge in [0.25, 0.3) is 0 Å². The second-order valence-corrected chi connectivity index (χ2v) is 20.2. The maximum absolute atomic E-state index is 12.9. The van der Waals surface area contributed by atoms with Crippen LogP contribution in [0.3, 0.4) is 0 Å². The molecule has 0 aromatic rings. The average molecular weight is 1040 g/mol. The molecular formula is C69H114O6. The monoisotopic (exact) mass is 1040 g/mol. The summed E-state index contributed by atoms with van der Waals surface area (Å²) in [4.78, 5) is 38.2. The fourth-order valence-electron chi connectivity index (χ4n) is 8.30. The number of carbonyl (C=O) groups excluding carboxylic acids is 3. The van der Waals surface area contributed by atoms with Crippen molar-refractivity contribution in [3.05, 3.63) is 122 Å². The van der Waals surface area contributed by atoms with Crippen LogP contribution in [0, 0.1) is 0 Å². The molecule has 0 aliphatic rings. The van der Waals surface area contributed by atoms with E-state index in [4.69, 9.17) is 14.2 Å². The van der Waals surface area contributed by atoms with E-state index in [2.05, 4.69) is 130 Å². The Morgan fingerprint density at radius 1 is 0.280 bits per heavy atom. The molecule has 0 N–H and O–H groups in total. The molecule has 0 aliphatic heterocycles. The van der Waals surface area contributed by atoms with Gasteiger partial charge < -0.3 is 14.2 Å². The van der Waals surface area contributed by atoms with Crippen molar-refractivity contribution in [1.82, 2.24) is 0 Å². The van der Waals surface area contributed by atoms with Gasteiger partial charge in [0, 0.05) is 19.3 Å². The summed E-state index contributed by atoms with van der Waals surface area (Å²) < 4.78 is 16.8. The lowest BCUT2D eigenvalue weighted by Gasteiger charge is -2.18. The van der Waals surface area contributed by atoms with E-state index in [0.717, 1.165) is 77.0 Å². The summed E-state index contributed by atoms with van der Waals surface area (Å²) in [5.41, 5.74) is 0. The highest BCUT2D eigenvalue weighted by molar-refractivity contribution is 5.71. The highest BCUT2D eigenvalue weighted by atomic mass is 16.6. The van der Waals surface area contributed by atoms with Crippen LogP contribution >= 0.6 is 0 Å². The van der Waals surface area contributed by atoms with Gasteiger partial charge in [-0.1, -0.05) is 264 Å². The number of rotatable bonds is 55. The van der Waals surface area contributed by atoms with Gasteiger partial charge in [0.2, 0.25) is 0 Å². The highest BCUT2D eigenvalue weighted by Crippen LogP contribution is 2.15. The van der Waals surface area contributed by atoms with Crippen LogP contribution in [-0.2, 0) is 28.6 Å². The van der Waals surface area contributed by atoms with Crippen molar-refractivity contribution >= 4 is 17.9 Å². The second kappa shape index (κ2) is 62.4. The summed E-state index contributed by atoms with van der Waals surface area (Å²) in [6.07, 6.45) is 86.5. The third-order valence-electron chi connectivity index (χ3n) is 12.9. The minimum absolute atomic E-state index is 0.126. The Kier molecular flexibility index (Phi) is 58.9. The molecule has 0 saturated carbocycles. The summed E-state index contributed by atoms with van der Waals surface area (Å²) in [7, 11) is 0. The van der Waals surface area contributed by atoms with Gasteiger partial charge in [-0.25, -0.2) is 0 Å².